The van der Waals surface area contributed by atoms with Crippen molar-refractivity contribution < 1.29 is 14.3 Å². The monoisotopic (exact) mass is 394 g/mol. The molecule has 4 heteroatoms. The van der Waals surface area contributed by atoms with Crippen LogP contribution in [0.4, 0.5) is 0 Å². The lowest BCUT2D eigenvalue weighted by atomic mass is 10.1. The van der Waals surface area contributed by atoms with Crippen molar-refractivity contribution in [1.29, 1.82) is 0 Å². The molecule has 0 bridgehead atoms. The van der Waals surface area contributed by atoms with Crippen molar-refractivity contribution in [2.24, 2.45) is 0 Å². The molecule has 0 spiro atoms. The molecular weight excluding hydrogens is 364 g/mol. The number of methoxy groups -OCH3 is 1. The lowest BCUT2D eigenvalue weighted by molar-refractivity contribution is -0.166. The fourth-order valence-electron chi connectivity index (χ4n) is 4.10. The fourth-order valence-corrected chi connectivity index (χ4v) is 8.12. The Balaban J connectivity index is 2.05. The molecule has 0 aromatic heterocycles. The van der Waals surface area contributed by atoms with Gasteiger partial charge in [-0.2, -0.15) is 0 Å². The number of hydrogen-bond donors (Lipinski definition) is 0. The van der Waals surface area contributed by atoms with E-state index in [2.05, 4.69) is 37.7 Å². The van der Waals surface area contributed by atoms with E-state index in [4.69, 9.17) is 9.47 Å². The Morgan fingerprint density at radius 2 is 1.50 bits per heavy atom. The fraction of sp³-hybridized carbons (Fsp3) is 0.375. The number of carbonyl (C=O) groups is 1. The molecule has 1 aliphatic heterocycles. The van der Waals surface area contributed by atoms with Gasteiger partial charge in [0.15, 0.2) is 0 Å². The lowest BCUT2D eigenvalue weighted by Gasteiger charge is -2.41. The summed E-state index contributed by atoms with van der Waals surface area (Å²) in [4.78, 5) is 12.8. The molecule has 2 aromatic carbocycles. The minimum atomic E-state index is -2.60. The first-order valence-electron chi connectivity index (χ1n) is 10.2. The van der Waals surface area contributed by atoms with Gasteiger partial charge in [-0.05, 0) is 29.3 Å². The maximum absolute atomic E-state index is 12.8. The summed E-state index contributed by atoms with van der Waals surface area (Å²) < 4.78 is 12.1. The average molecular weight is 395 g/mol. The van der Waals surface area contributed by atoms with Crippen LogP contribution in [0.2, 0.25) is 6.55 Å². The van der Waals surface area contributed by atoms with Crippen LogP contribution in [0.3, 0.4) is 0 Å². The maximum atomic E-state index is 12.8. The second-order valence-corrected chi connectivity index (χ2v) is 11.7. The number of esters is 1. The van der Waals surface area contributed by atoms with E-state index in [0.717, 1.165) is 24.8 Å². The standard InChI is InChI=1S/C24H30O3Si/c1-4-5-6-9-14-20-19-24(26-2,27-23(20)25)28(3,21-15-10-7-11-16-21)22-17-12-8-13-18-22/h7-8,10-13,15-19H,4-6,9,14H2,1-3H3. The molecule has 1 atom stereocenters. The molecule has 0 N–H and O–H groups in total. The van der Waals surface area contributed by atoms with E-state index in [1.165, 1.54) is 23.2 Å². The van der Waals surface area contributed by atoms with Gasteiger partial charge < -0.3 is 9.47 Å². The Hall–Kier alpha value is -2.17. The van der Waals surface area contributed by atoms with E-state index in [0.29, 0.717) is 0 Å². The zero-order valence-corrected chi connectivity index (χ0v) is 18.1. The van der Waals surface area contributed by atoms with Crippen LogP contribution >= 0.6 is 0 Å². The Bertz CT molecular complexity index is 777. The van der Waals surface area contributed by atoms with Crippen molar-refractivity contribution in [2.45, 2.75) is 51.0 Å². The molecule has 0 aliphatic carbocycles. The van der Waals surface area contributed by atoms with Gasteiger partial charge >= 0.3 is 5.97 Å². The maximum Gasteiger partial charge on any atom is 0.336 e. The van der Waals surface area contributed by atoms with Crippen LogP contribution < -0.4 is 10.4 Å². The Morgan fingerprint density at radius 3 is 2.00 bits per heavy atom. The molecular formula is C24H30O3Si. The van der Waals surface area contributed by atoms with Crippen LogP contribution in [0.15, 0.2) is 72.3 Å². The second kappa shape index (κ2) is 8.89. The summed E-state index contributed by atoms with van der Waals surface area (Å²) in [6.45, 7) is 4.42. The van der Waals surface area contributed by atoms with Gasteiger partial charge in [-0.25, -0.2) is 4.79 Å². The number of unbranched alkanes of at least 4 members (excludes halogenated alkanes) is 3. The zero-order valence-electron chi connectivity index (χ0n) is 17.1. The lowest BCUT2D eigenvalue weighted by Crippen LogP contribution is -2.72. The number of cyclic esters (lactones) is 1. The van der Waals surface area contributed by atoms with Gasteiger partial charge in [0.1, 0.15) is 0 Å². The van der Waals surface area contributed by atoms with Crippen molar-refractivity contribution in [1.82, 2.24) is 0 Å². The summed E-state index contributed by atoms with van der Waals surface area (Å²) in [6.07, 6.45) is 7.24. The summed E-state index contributed by atoms with van der Waals surface area (Å²) in [5.74, 6) is -0.232. The normalized spacial score (nSPS) is 19.4. The van der Waals surface area contributed by atoms with Gasteiger partial charge in [0.25, 0.3) is 0 Å². The first kappa shape index (κ1) is 20.6. The molecule has 3 rings (SSSR count). The van der Waals surface area contributed by atoms with Crippen LogP contribution in [-0.2, 0) is 14.3 Å². The first-order valence-corrected chi connectivity index (χ1v) is 12.7. The molecule has 1 unspecified atom stereocenters. The zero-order chi connectivity index (χ0) is 20.0. The van der Waals surface area contributed by atoms with Crippen molar-refractivity contribution in [3.05, 3.63) is 72.3 Å². The van der Waals surface area contributed by atoms with Crippen LogP contribution in [-0.4, -0.2) is 26.6 Å². The molecule has 1 heterocycles. The van der Waals surface area contributed by atoms with Crippen LogP contribution in [0.1, 0.15) is 39.0 Å². The molecule has 0 amide bonds. The number of hydrogen-bond acceptors (Lipinski definition) is 3. The highest BCUT2D eigenvalue weighted by atomic mass is 28.3. The summed E-state index contributed by atoms with van der Waals surface area (Å²) in [7, 11) is -0.945. The molecule has 0 saturated carbocycles. The quantitative estimate of drug-likeness (QED) is 0.363. The van der Waals surface area contributed by atoms with Crippen molar-refractivity contribution in [3.8, 4) is 0 Å². The molecule has 2 aromatic rings. The van der Waals surface area contributed by atoms with Crippen LogP contribution in [0.5, 0.6) is 0 Å². The Kier molecular flexibility index (Phi) is 6.52. The number of carbonyl (C=O) groups excluding carboxylic acids is 1. The minimum absolute atomic E-state index is 0.232. The first-order chi connectivity index (χ1) is 13.6. The van der Waals surface area contributed by atoms with E-state index in [-0.39, 0.29) is 5.97 Å². The predicted octanol–water partition coefficient (Wildman–Crippen LogP) is 4.21. The Morgan fingerprint density at radius 1 is 0.929 bits per heavy atom. The summed E-state index contributed by atoms with van der Waals surface area (Å²) >= 11 is 0. The van der Waals surface area contributed by atoms with Gasteiger partial charge in [-0.3, -0.25) is 0 Å². The predicted molar refractivity (Wildman–Crippen MR) is 116 cm³/mol. The van der Waals surface area contributed by atoms with Gasteiger partial charge in [0.2, 0.25) is 13.5 Å². The van der Waals surface area contributed by atoms with Crippen molar-refractivity contribution in [3.63, 3.8) is 0 Å². The van der Waals surface area contributed by atoms with E-state index in [1.54, 1.807) is 7.11 Å². The molecule has 3 nitrogen and oxygen atoms in total. The highest BCUT2D eigenvalue weighted by molar-refractivity contribution is 7.03. The van der Waals surface area contributed by atoms with Gasteiger partial charge in [-0.1, -0.05) is 93.4 Å². The van der Waals surface area contributed by atoms with Gasteiger partial charge in [0.05, 0.1) is 0 Å². The van der Waals surface area contributed by atoms with Crippen LogP contribution in [0, 0.1) is 0 Å². The highest BCUT2D eigenvalue weighted by Gasteiger charge is 2.58. The van der Waals surface area contributed by atoms with E-state index in [1.807, 2.05) is 42.5 Å². The molecule has 0 saturated heterocycles. The largest absolute Gasteiger partial charge is 0.429 e. The van der Waals surface area contributed by atoms with Gasteiger partial charge in [-0.15, -0.1) is 0 Å². The summed E-state index contributed by atoms with van der Waals surface area (Å²) in [6, 6.07) is 20.7. The molecule has 148 valence electrons. The van der Waals surface area contributed by atoms with Gasteiger partial charge in [0, 0.05) is 12.7 Å². The second-order valence-electron chi connectivity index (χ2n) is 7.60. The summed E-state index contributed by atoms with van der Waals surface area (Å²) in [5.41, 5.74) is -0.282. The molecule has 0 radical (unpaired) electrons. The number of ether oxygens (including phenoxy) is 2. The van der Waals surface area contributed by atoms with E-state index >= 15 is 0 Å². The smallest absolute Gasteiger partial charge is 0.336 e. The topological polar surface area (TPSA) is 35.5 Å². The molecule has 1 aliphatic rings. The van der Waals surface area contributed by atoms with Crippen molar-refractivity contribution in [2.75, 3.05) is 7.11 Å². The SMILES string of the molecule is CCCCCCC1=CC(OC)([Si](C)(c2ccccc2)c2ccccc2)OC1=O. The third-order valence-corrected chi connectivity index (χ3v) is 10.7. The van der Waals surface area contributed by atoms with Crippen molar-refractivity contribution >= 4 is 24.4 Å². The minimum Gasteiger partial charge on any atom is -0.429 e. The number of rotatable bonds is 9. The number of benzene rings is 2. The third kappa shape index (κ3) is 3.71. The van der Waals surface area contributed by atoms with E-state index < -0.39 is 13.5 Å². The third-order valence-electron chi connectivity index (χ3n) is 5.87. The molecule has 0 fully saturated rings. The van der Waals surface area contributed by atoms with E-state index in [9.17, 15) is 4.79 Å². The van der Waals surface area contributed by atoms with Crippen LogP contribution in [0.25, 0.3) is 0 Å². The average Bonchev–Trinajstić information content (AvgIpc) is 3.09. The highest BCUT2D eigenvalue weighted by Crippen LogP contribution is 2.36. The summed E-state index contributed by atoms with van der Waals surface area (Å²) in [5, 5.41) is 2.36. The Labute approximate surface area is 169 Å². The molecule has 28 heavy (non-hydrogen) atoms.